The summed E-state index contributed by atoms with van der Waals surface area (Å²) in [6.07, 6.45) is 1.66. The van der Waals surface area contributed by atoms with Crippen LogP contribution >= 0.6 is 0 Å². The van der Waals surface area contributed by atoms with Crippen LogP contribution in [0.1, 0.15) is 47.2 Å². The summed E-state index contributed by atoms with van der Waals surface area (Å²) < 4.78 is 10.8. The molecule has 34 heavy (non-hydrogen) atoms. The van der Waals surface area contributed by atoms with E-state index in [0.717, 1.165) is 53.5 Å². The van der Waals surface area contributed by atoms with Crippen molar-refractivity contribution < 1.29 is 14.3 Å². The Kier molecular flexibility index (Phi) is 7.07. The lowest BCUT2D eigenvalue weighted by atomic mass is 9.97. The molecule has 4 N–H and O–H groups in total. The Labute approximate surface area is 200 Å². The second-order valence-corrected chi connectivity index (χ2v) is 8.90. The number of piperazine rings is 1. The summed E-state index contributed by atoms with van der Waals surface area (Å²) in [6.45, 7) is 5.19. The van der Waals surface area contributed by atoms with Crippen LogP contribution in [0.15, 0.2) is 48.5 Å². The van der Waals surface area contributed by atoms with E-state index in [1.165, 1.54) is 0 Å². The van der Waals surface area contributed by atoms with Crippen molar-refractivity contribution >= 4 is 11.6 Å². The molecule has 0 spiro atoms. The van der Waals surface area contributed by atoms with Crippen molar-refractivity contribution in [2.24, 2.45) is 5.73 Å². The van der Waals surface area contributed by atoms with E-state index < -0.39 is 5.91 Å². The van der Waals surface area contributed by atoms with Crippen molar-refractivity contribution in [1.29, 1.82) is 0 Å². The first-order chi connectivity index (χ1) is 16.4. The Balaban J connectivity index is 1.53. The minimum atomic E-state index is -0.421. The maximum absolute atomic E-state index is 11.5. The average molecular weight is 464 g/mol. The normalized spacial score (nSPS) is 20.2. The van der Waals surface area contributed by atoms with Crippen molar-refractivity contribution in [3.8, 4) is 11.5 Å². The lowest BCUT2D eigenvalue weighted by molar-refractivity contribution is 0.100. The number of aromatic nitrogens is 2. The number of primary amides is 1. The van der Waals surface area contributed by atoms with Crippen molar-refractivity contribution in [1.82, 2.24) is 15.5 Å². The summed E-state index contributed by atoms with van der Waals surface area (Å²) in [5, 5.41) is 11.6. The van der Waals surface area contributed by atoms with Crippen molar-refractivity contribution in [3.63, 3.8) is 0 Å². The van der Waals surface area contributed by atoms with Gasteiger partial charge in [0.2, 0.25) is 5.91 Å². The van der Waals surface area contributed by atoms with E-state index in [-0.39, 0.29) is 12.1 Å². The van der Waals surface area contributed by atoms with E-state index in [4.69, 9.17) is 15.2 Å². The summed E-state index contributed by atoms with van der Waals surface area (Å²) in [5.41, 5.74) is 10.2. The number of nitrogens with zero attached hydrogens (tertiary/aromatic N) is 2. The second-order valence-electron chi connectivity index (χ2n) is 8.90. The molecule has 0 radical (unpaired) electrons. The zero-order valence-corrected chi connectivity index (χ0v) is 20.2. The number of anilines is 1. The van der Waals surface area contributed by atoms with Crippen molar-refractivity contribution in [2.75, 3.05) is 25.7 Å². The summed E-state index contributed by atoms with van der Waals surface area (Å²) in [5.74, 6) is 1.15. The molecule has 1 unspecified atom stereocenters. The van der Waals surface area contributed by atoms with Gasteiger partial charge >= 0.3 is 0 Å². The van der Waals surface area contributed by atoms with Crippen LogP contribution in [0.25, 0.3) is 0 Å². The molecule has 0 bridgehead atoms. The number of H-pyrrole nitrogens is 1. The van der Waals surface area contributed by atoms with Gasteiger partial charge in [-0.1, -0.05) is 0 Å². The summed E-state index contributed by atoms with van der Waals surface area (Å²) in [4.78, 5) is 13.8. The average Bonchev–Trinajstić information content (AvgIpc) is 3.30. The third kappa shape index (κ3) is 5.17. The number of carbonyl (C=O) groups is 1. The fourth-order valence-corrected chi connectivity index (χ4v) is 4.72. The standard InChI is InChI=1S/C26H33N5O3/c1-16-15-31(21-9-6-19(7-10-21)26(27)32)25(17(2)28-16)24-13-20(29-30-24)8-5-18-11-22(33-3)14-23(12-18)34-4/h6-7,9-14,16-17,25,28H,5,8,15H2,1-4H3,(H2,27,32)(H,29,30)/t16-,17+,25?/m0/s1. The fraction of sp³-hybridized carbons (Fsp3) is 0.385. The Morgan fingerprint density at radius 2 is 1.74 bits per heavy atom. The zero-order valence-electron chi connectivity index (χ0n) is 20.2. The molecule has 2 aromatic carbocycles. The molecule has 3 atom stereocenters. The highest BCUT2D eigenvalue weighted by Gasteiger charge is 2.34. The maximum Gasteiger partial charge on any atom is 0.248 e. The Bertz CT molecular complexity index is 1110. The summed E-state index contributed by atoms with van der Waals surface area (Å²) >= 11 is 0. The third-order valence-corrected chi connectivity index (χ3v) is 6.36. The van der Waals surface area contributed by atoms with Crippen LogP contribution in [-0.2, 0) is 12.8 Å². The number of methoxy groups -OCH3 is 2. The topological polar surface area (TPSA) is 106 Å². The highest BCUT2D eigenvalue weighted by Crippen LogP contribution is 2.33. The number of aryl methyl sites for hydroxylation is 2. The van der Waals surface area contributed by atoms with Gasteiger partial charge in [-0.05, 0) is 74.7 Å². The van der Waals surface area contributed by atoms with Gasteiger partial charge in [0.15, 0.2) is 0 Å². The number of nitrogens with one attached hydrogen (secondary N) is 2. The molecule has 1 aliphatic rings. The summed E-state index contributed by atoms with van der Waals surface area (Å²) in [6, 6.07) is 16.1. The lowest BCUT2D eigenvalue weighted by Gasteiger charge is -2.44. The number of carbonyl (C=O) groups excluding carboxylic acids is 1. The van der Waals surface area contributed by atoms with Gasteiger partial charge in [-0.15, -0.1) is 0 Å². The Morgan fingerprint density at radius 3 is 2.35 bits per heavy atom. The number of hydrogen-bond acceptors (Lipinski definition) is 6. The van der Waals surface area contributed by atoms with Gasteiger partial charge in [0.1, 0.15) is 11.5 Å². The van der Waals surface area contributed by atoms with Gasteiger partial charge in [0.05, 0.1) is 26.0 Å². The molecular formula is C26H33N5O3. The molecule has 180 valence electrons. The quantitative estimate of drug-likeness (QED) is 0.474. The Hall–Kier alpha value is -3.52. The van der Waals surface area contributed by atoms with E-state index in [2.05, 4.69) is 40.3 Å². The fourth-order valence-electron chi connectivity index (χ4n) is 4.72. The number of hydrogen-bond donors (Lipinski definition) is 3. The molecule has 4 rings (SSSR count). The lowest BCUT2D eigenvalue weighted by Crippen LogP contribution is -2.56. The number of benzene rings is 2. The van der Waals surface area contributed by atoms with Gasteiger partial charge in [-0.25, -0.2) is 0 Å². The molecule has 1 amide bonds. The first-order valence-electron chi connectivity index (χ1n) is 11.6. The number of ether oxygens (including phenoxy) is 2. The number of rotatable bonds is 8. The van der Waals surface area contributed by atoms with Gasteiger partial charge < -0.3 is 25.4 Å². The van der Waals surface area contributed by atoms with Crippen LogP contribution in [0.4, 0.5) is 5.69 Å². The van der Waals surface area contributed by atoms with Crippen molar-refractivity contribution in [2.45, 2.75) is 44.8 Å². The number of aromatic amines is 1. The van der Waals surface area contributed by atoms with Crippen LogP contribution in [0.3, 0.4) is 0 Å². The van der Waals surface area contributed by atoms with E-state index >= 15 is 0 Å². The smallest absolute Gasteiger partial charge is 0.248 e. The first-order valence-corrected chi connectivity index (χ1v) is 11.6. The molecule has 1 aromatic heterocycles. The minimum absolute atomic E-state index is 0.0533. The predicted molar refractivity (Wildman–Crippen MR) is 133 cm³/mol. The highest BCUT2D eigenvalue weighted by atomic mass is 16.5. The van der Waals surface area contributed by atoms with Crippen LogP contribution in [0.2, 0.25) is 0 Å². The van der Waals surface area contributed by atoms with Crippen LogP contribution in [0, 0.1) is 0 Å². The molecule has 8 nitrogen and oxygen atoms in total. The van der Waals surface area contributed by atoms with E-state index in [0.29, 0.717) is 11.6 Å². The van der Waals surface area contributed by atoms with Crippen molar-refractivity contribution in [3.05, 3.63) is 71.0 Å². The molecule has 1 saturated heterocycles. The van der Waals surface area contributed by atoms with E-state index in [9.17, 15) is 4.79 Å². The van der Waals surface area contributed by atoms with Gasteiger partial charge in [0.25, 0.3) is 0 Å². The SMILES string of the molecule is COc1cc(CCc2cc(C3[C@@H](C)N[C@@H](C)CN3c3ccc(C(N)=O)cc3)n[nH]2)cc(OC)c1. The number of amides is 1. The largest absolute Gasteiger partial charge is 0.497 e. The molecule has 1 aliphatic heterocycles. The summed E-state index contributed by atoms with van der Waals surface area (Å²) in [7, 11) is 3.32. The molecular weight excluding hydrogens is 430 g/mol. The van der Waals surface area contributed by atoms with Gasteiger partial charge in [-0.3, -0.25) is 9.89 Å². The van der Waals surface area contributed by atoms with E-state index in [1.54, 1.807) is 26.4 Å². The molecule has 1 fully saturated rings. The number of nitrogens with two attached hydrogens (primary N) is 1. The molecule has 2 heterocycles. The van der Waals surface area contributed by atoms with Gasteiger partial charge in [-0.2, -0.15) is 5.10 Å². The molecule has 0 saturated carbocycles. The molecule has 3 aromatic rings. The minimum Gasteiger partial charge on any atom is -0.497 e. The van der Waals surface area contributed by atoms with E-state index in [1.807, 2.05) is 30.3 Å². The third-order valence-electron chi connectivity index (χ3n) is 6.36. The Morgan fingerprint density at radius 1 is 1.06 bits per heavy atom. The van der Waals surface area contributed by atoms with Crippen LogP contribution in [0.5, 0.6) is 11.5 Å². The molecule has 8 heteroatoms. The second kappa shape index (κ2) is 10.2. The maximum atomic E-state index is 11.5. The monoisotopic (exact) mass is 463 g/mol. The van der Waals surface area contributed by atoms with Gasteiger partial charge in [0, 0.05) is 41.6 Å². The van der Waals surface area contributed by atoms with Crippen LogP contribution in [-0.4, -0.2) is 49.0 Å². The highest BCUT2D eigenvalue weighted by molar-refractivity contribution is 5.93. The first kappa shape index (κ1) is 23.6. The zero-order chi connectivity index (χ0) is 24.2. The molecule has 0 aliphatic carbocycles. The van der Waals surface area contributed by atoms with Crippen LogP contribution < -0.4 is 25.4 Å². The predicted octanol–water partition coefficient (Wildman–Crippen LogP) is 3.24.